The zero-order chi connectivity index (χ0) is 16.7. The van der Waals surface area contributed by atoms with Crippen LogP contribution in [0.4, 0.5) is 0 Å². The minimum Gasteiger partial charge on any atom is -0.478 e. The molecule has 0 atom stereocenters. The molecule has 3 rings (SSSR count). The highest BCUT2D eigenvalue weighted by molar-refractivity contribution is 6.42. The Balaban J connectivity index is 2.37. The van der Waals surface area contributed by atoms with E-state index in [9.17, 15) is 9.90 Å². The fraction of sp³-hybridized carbons (Fsp3) is 0.0588. The van der Waals surface area contributed by atoms with Crippen molar-refractivity contribution in [2.75, 3.05) is 0 Å². The molecule has 1 aromatic heterocycles. The number of hydrogen-bond donors (Lipinski definition) is 1. The zero-order valence-electron chi connectivity index (χ0n) is 11.9. The molecule has 3 aromatic rings. The number of hydrogen-bond acceptors (Lipinski definition) is 2. The fourth-order valence-electron chi connectivity index (χ4n) is 2.40. The Morgan fingerprint density at radius 3 is 2.35 bits per heavy atom. The van der Waals surface area contributed by atoms with Crippen molar-refractivity contribution in [2.45, 2.75) is 6.92 Å². The van der Waals surface area contributed by atoms with Gasteiger partial charge in [0.15, 0.2) is 0 Å². The first-order valence-corrected chi connectivity index (χ1v) is 7.80. The van der Waals surface area contributed by atoms with E-state index in [1.54, 1.807) is 24.3 Å². The number of aryl methyl sites for hydroxylation is 1. The van der Waals surface area contributed by atoms with Gasteiger partial charge in [0, 0.05) is 10.9 Å². The standard InChI is InChI=1S/C17H10Cl3NO2/c1-8-2-4-12(19)15-10(17(22)23)7-14(21-16(8)15)9-3-5-11(18)13(20)6-9/h2-7H,1H3,(H,22,23). The first-order valence-electron chi connectivity index (χ1n) is 6.67. The lowest BCUT2D eigenvalue weighted by Crippen LogP contribution is -2.01. The summed E-state index contributed by atoms with van der Waals surface area (Å²) in [5.41, 5.74) is 2.68. The highest BCUT2D eigenvalue weighted by Gasteiger charge is 2.17. The molecule has 0 saturated carbocycles. The topological polar surface area (TPSA) is 50.2 Å². The molecule has 0 bridgehead atoms. The van der Waals surface area contributed by atoms with Gasteiger partial charge in [-0.3, -0.25) is 0 Å². The number of aromatic nitrogens is 1. The smallest absolute Gasteiger partial charge is 0.336 e. The maximum atomic E-state index is 11.6. The van der Waals surface area contributed by atoms with Gasteiger partial charge in [-0.25, -0.2) is 9.78 Å². The van der Waals surface area contributed by atoms with Crippen LogP contribution in [0, 0.1) is 6.92 Å². The Labute approximate surface area is 147 Å². The van der Waals surface area contributed by atoms with Gasteiger partial charge in [0.2, 0.25) is 0 Å². The van der Waals surface area contributed by atoms with Crippen LogP contribution in [0.5, 0.6) is 0 Å². The molecule has 0 fully saturated rings. The van der Waals surface area contributed by atoms with Crippen molar-refractivity contribution in [2.24, 2.45) is 0 Å². The van der Waals surface area contributed by atoms with Crippen LogP contribution in [0.15, 0.2) is 36.4 Å². The molecule has 0 spiro atoms. The Morgan fingerprint density at radius 2 is 1.70 bits per heavy atom. The van der Waals surface area contributed by atoms with Crippen molar-refractivity contribution < 1.29 is 9.90 Å². The predicted molar refractivity (Wildman–Crippen MR) is 93.9 cm³/mol. The molecule has 0 aliphatic carbocycles. The first kappa shape index (κ1) is 16.1. The van der Waals surface area contributed by atoms with Crippen molar-refractivity contribution in [3.05, 3.63) is 62.6 Å². The summed E-state index contributed by atoms with van der Waals surface area (Å²) in [5, 5.41) is 11.1. The summed E-state index contributed by atoms with van der Waals surface area (Å²) in [6.45, 7) is 1.86. The third-order valence-electron chi connectivity index (χ3n) is 3.56. The van der Waals surface area contributed by atoms with Crippen LogP contribution >= 0.6 is 34.8 Å². The van der Waals surface area contributed by atoms with Crippen molar-refractivity contribution >= 4 is 51.7 Å². The second-order valence-corrected chi connectivity index (χ2v) is 6.30. The molecule has 1 N–H and O–H groups in total. The van der Waals surface area contributed by atoms with Crippen LogP contribution in [0.1, 0.15) is 15.9 Å². The molecule has 6 heteroatoms. The van der Waals surface area contributed by atoms with Gasteiger partial charge in [-0.1, -0.05) is 46.9 Å². The van der Waals surface area contributed by atoms with E-state index in [2.05, 4.69) is 4.98 Å². The Kier molecular flexibility index (Phi) is 4.19. The average molecular weight is 367 g/mol. The molecule has 0 unspecified atom stereocenters. The number of fused-ring (bicyclic) bond motifs is 1. The molecule has 0 amide bonds. The fourth-order valence-corrected chi connectivity index (χ4v) is 2.96. The molecular formula is C17H10Cl3NO2. The second kappa shape index (κ2) is 6.00. The zero-order valence-corrected chi connectivity index (χ0v) is 14.2. The van der Waals surface area contributed by atoms with Gasteiger partial charge >= 0.3 is 5.97 Å². The van der Waals surface area contributed by atoms with Crippen LogP contribution in [-0.2, 0) is 0 Å². The molecular weight excluding hydrogens is 357 g/mol. The molecule has 3 nitrogen and oxygen atoms in total. The van der Waals surface area contributed by atoms with E-state index < -0.39 is 5.97 Å². The number of halogens is 3. The number of nitrogens with zero attached hydrogens (tertiary/aromatic N) is 1. The third kappa shape index (κ3) is 2.88. The highest BCUT2D eigenvalue weighted by Crippen LogP contribution is 2.33. The Bertz CT molecular complexity index is 954. The summed E-state index contributed by atoms with van der Waals surface area (Å²) >= 11 is 18.2. The number of carbonyl (C=O) groups is 1. The van der Waals surface area contributed by atoms with Crippen LogP contribution in [0.25, 0.3) is 22.2 Å². The minimum atomic E-state index is -1.06. The van der Waals surface area contributed by atoms with Gasteiger partial charge in [-0.2, -0.15) is 0 Å². The average Bonchev–Trinajstić information content (AvgIpc) is 2.52. The second-order valence-electron chi connectivity index (χ2n) is 5.08. The maximum absolute atomic E-state index is 11.6. The number of pyridine rings is 1. The van der Waals surface area contributed by atoms with E-state index in [4.69, 9.17) is 34.8 Å². The summed E-state index contributed by atoms with van der Waals surface area (Å²) < 4.78 is 0. The van der Waals surface area contributed by atoms with E-state index in [1.165, 1.54) is 6.07 Å². The van der Waals surface area contributed by atoms with Gasteiger partial charge in [0.25, 0.3) is 0 Å². The number of rotatable bonds is 2. The number of carboxylic acid groups (broad SMARTS) is 1. The van der Waals surface area contributed by atoms with Gasteiger partial charge in [-0.15, -0.1) is 0 Å². The Hall–Kier alpha value is -1.81. The maximum Gasteiger partial charge on any atom is 0.336 e. The summed E-state index contributed by atoms with van der Waals surface area (Å²) in [4.78, 5) is 16.2. The van der Waals surface area contributed by atoms with Gasteiger partial charge in [0.05, 0.1) is 31.8 Å². The van der Waals surface area contributed by atoms with Gasteiger partial charge < -0.3 is 5.11 Å². The molecule has 0 aliphatic heterocycles. The summed E-state index contributed by atoms with van der Waals surface area (Å²) in [6.07, 6.45) is 0. The monoisotopic (exact) mass is 365 g/mol. The van der Waals surface area contributed by atoms with Crippen LogP contribution in [0.2, 0.25) is 15.1 Å². The van der Waals surface area contributed by atoms with Gasteiger partial charge in [-0.05, 0) is 36.8 Å². The molecule has 23 heavy (non-hydrogen) atoms. The van der Waals surface area contributed by atoms with Crippen molar-refractivity contribution in [3.63, 3.8) is 0 Å². The first-order chi connectivity index (χ1) is 10.9. The normalized spacial score (nSPS) is 11.0. The van der Waals surface area contributed by atoms with E-state index in [-0.39, 0.29) is 5.56 Å². The van der Waals surface area contributed by atoms with Crippen LogP contribution in [-0.4, -0.2) is 16.1 Å². The lowest BCUT2D eigenvalue weighted by Gasteiger charge is -2.11. The highest BCUT2D eigenvalue weighted by atomic mass is 35.5. The molecule has 116 valence electrons. The molecule has 2 aromatic carbocycles. The van der Waals surface area contributed by atoms with Crippen molar-refractivity contribution in [1.82, 2.24) is 4.98 Å². The minimum absolute atomic E-state index is 0.102. The largest absolute Gasteiger partial charge is 0.478 e. The third-order valence-corrected chi connectivity index (χ3v) is 4.61. The van der Waals surface area contributed by atoms with Crippen LogP contribution < -0.4 is 0 Å². The SMILES string of the molecule is Cc1ccc(Cl)c2c(C(=O)O)cc(-c3ccc(Cl)c(Cl)c3)nc12. The van der Waals surface area contributed by atoms with E-state index in [1.807, 2.05) is 13.0 Å². The summed E-state index contributed by atoms with van der Waals surface area (Å²) in [5.74, 6) is -1.06. The summed E-state index contributed by atoms with van der Waals surface area (Å²) in [7, 11) is 0. The number of carboxylic acids is 1. The van der Waals surface area contributed by atoms with Gasteiger partial charge in [0.1, 0.15) is 0 Å². The van der Waals surface area contributed by atoms with E-state index >= 15 is 0 Å². The molecule has 0 saturated heterocycles. The molecule has 1 heterocycles. The van der Waals surface area contributed by atoms with Crippen LogP contribution in [0.3, 0.4) is 0 Å². The summed E-state index contributed by atoms with van der Waals surface area (Å²) in [6, 6.07) is 10.0. The number of benzene rings is 2. The quantitative estimate of drug-likeness (QED) is 0.617. The number of aromatic carboxylic acids is 1. The molecule has 0 aliphatic rings. The van der Waals surface area contributed by atoms with Crippen molar-refractivity contribution in [3.8, 4) is 11.3 Å². The predicted octanol–water partition coefficient (Wildman–Crippen LogP) is 5.87. The Morgan fingerprint density at radius 1 is 1.00 bits per heavy atom. The lowest BCUT2D eigenvalue weighted by molar-refractivity contribution is 0.0699. The molecule has 0 radical (unpaired) electrons. The van der Waals surface area contributed by atoms with E-state index in [0.29, 0.717) is 37.2 Å². The lowest BCUT2D eigenvalue weighted by atomic mass is 10.0. The van der Waals surface area contributed by atoms with E-state index in [0.717, 1.165) is 5.56 Å². The van der Waals surface area contributed by atoms with Crippen molar-refractivity contribution in [1.29, 1.82) is 0 Å².